The molecular formula is C45H78N16O17. The van der Waals surface area contributed by atoms with Crippen molar-refractivity contribution in [2.75, 3.05) is 85.1 Å². The Morgan fingerprint density at radius 3 is 1.09 bits per heavy atom. The predicted octanol–water partition coefficient (Wildman–Crippen LogP) is -9.73. The second-order valence-electron chi connectivity index (χ2n) is 17.5. The van der Waals surface area contributed by atoms with Gasteiger partial charge < -0.3 is 96.1 Å². The van der Waals surface area contributed by atoms with E-state index in [9.17, 15) is 77.0 Å². The van der Waals surface area contributed by atoms with Gasteiger partial charge in [0.05, 0.1) is 65.5 Å². The van der Waals surface area contributed by atoms with Gasteiger partial charge in [0, 0.05) is 6.42 Å². The number of rotatable bonds is 41. The minimum Gasteiger partial charge on any atom is -0.480 e. The number of hydrogen-bond acceptors (Lipinski definition) is 18. The van der Waals surface area contributed by atoms with Gasteiger partial charge in [-0.1, -0.05) is 27.2 Å². The normalized spacial score (nSPS) is 12.0. The molecule has 0 aromatic carbocycles. The molecule has 440 valence electrons. The van der Waals surface area contributed by atoms with Crippen LogP contribution < -0.4 is 85.9 Å². The largest absolute Gasteiger partial charge is 0.480 e. The van der Waals surface area contributed by atoms with Crippen LogP contribution in [0.2, 0.25) is 0 Å². The summed E-state index contributed by atoms with van der Waals surface area (Å²) in [7, 11) is 0. The fraction of sp³-hybridized carbons (Fsp3) is 0.667. The third-order valence-corrected chi connectivity index (χ3v) is 10.3. The summed E-state index contributed by atoms with van der Waals surface area (Å²) in [6, 6.07) is -5.33. The van der Waals surface area contributed by atoms with E-state index in [0.717, 1.165) is 12.8 Å². The summed E-state index contributed by atoms with van der Waals surface area (Å²) in [6.07, 6.45) is 3.30. The first-order valence-electron chi connectivity index (χ1n) is 25.1. The maximum Gasteiger partial charge on any atom is 0.322 e. The number of carboxylic acids is 1. The van der Waals surface area contributed by atoms with Crippen LogP contribution in [0.1, 0.15) is 78.6 Å². The van der Waals surface area contributed by atoms with Crippen molar-refractivity contribution in [1.82, 2.24) is 74.4 Å². The number of carbonyl (C=O) groups is 15. The third kappa shape index (κ3) is 35.2. The number of aliphatic carboxylic acids is 1. The van der Waals surface area contributed by atoms with E-state index in [0.29, 0.717) is 25.8 Å². The minimum absolute atomic E-state index is 0.00939. The number of carbonyl (C=O) groups excluding carboxylic acids is 14. The van der Waals surface area contributed by atoms with Gasteiger partial charge in [-0.15, -0.1) is 0 Å². The number of aliphatic hydroxyl groups is 1. The fourth-order valence-corrected chi connectivity index (χ4v) is 6.16. The molecule has 0 saturated carbocycles. The standard InChI is InChI=1S/C45H78N16O17/c1-4-27(43(76)59-28(10-7-9-13-47)44(77)61-30(25-62)45(78)60-29(14-26(2)3)42(75)57-24-41(73)74)58-40(72)23-56-39(71)22-55-38(70)21-54-37(69)20-53-36(68)19-52-35(67)18-51-34(66)17-50-33(65)16-49-32(64)15-48-31(63)11-6-5-8-12-46/h26-30,62H,4-25,46-47H2,1-3H3,(H,48,63)(H,49,64)(H,50,65)(H,51,66)(H,52,67)(H,53,68)(H,54,69)(H,55,70)(H,56,71)(H,57,75)(H,58,72)(H,59,76)(H,60,78)(H,61,77)(H,73,74)/t27-,28-,29-,30-/m0/s1. The second-order valence-corrected chi connectivity index (χ2v) is 17.5. The summed E-state index contributed by atoms with van der Waals surface area (Å²) in [6.45, 7) is -0.967. The first-order chi connectivity index (χ1) is 36.9. The topological polar surface area (TPSA) is 517 Å². The summed E-state index contributed by atoms with van der Waals surface area (Å²) in [5.74, 6) is -12.4. The molecule has 20 N–H and O–H groups in total. The van der Waals surface area contributed by atoms with Crippen molar-refractivity contribution in [3.63, 3.8) is 0 Å². The van der Waals surface area contributed by atoms with Crippen LogP contribution in [0.3, 0.4) is 0 Å². The van der Waals surface area contributed by atoms with Gasteiger partial charge in [0.2, 0.25) is 82.7 Å². The number of nitrogens with one attached hydrogen (secondary N) is 14. The van der Waals surface area contributed by atoms with E-state index in [1.54, 1.807) is 13.8 Å². The molecule has 0 fully saturated rings. The third-order valence-electron chi connectivity index (χ3n) is 10.3. The zero-order valence-electron chi connectivity index (χ0n) is 44.1. The summed E-state index contributed by atoms with van der Waals surface area (Å²) in [4.78, 5) is 184. The van der Waals surface area contributed by atoms with E-state index < -0.39 is 172 Å². The van der Waals surface area contributed by atoms with Crippen molar-refractivity contribution < 1.29 is 82.1 Å². The van der Waals surface area contributed by atoms with E-state index in [-0.39, 0.29) is 50.6 Å². The van der Waals surface area contributed by atoms with Gasteiger partial charge in [-0.2, -0.15) is 0 Å². The molecule has 33 nitrogen and oxygen atoms in total. The number of hydrogen-bond donors (Lipinski definition) is 18. The van der Waals surface area contributed by atoms with Crippen LogP contribution in [0.4, 0.5) is 0 Å². The van der Waals surface area contributed by atoms with Gasteiger partial charge in [0.1, 0.15) is 30.7 Å². The highest BCUT2D eigenvalue weighted by atomic mass is 16.4. The van der Waals surface area contributed by atoms with Crippen LogP contribution in [0, 0.1) is 5.92 Å². The molecule has 0 heterocycles. The quantitative estimate of drug-likeness (QED) is 0.0253. The molecule has 0 unspecified atom stereocenters. The lowest BCUT2D eigenvalue weighted by molar-refractivity contribution is -0.139. The molecule has 0 radical (unpaired) electrons. The van der Waals surface area contributed by atoms with Gasteiger partial charge in [0.15, 0.2) is 0 Å². The van der Waals surface area contributed by atoms with Crippen LogP contribution >= 0.6 is 0 Å². The average molecular weight is 1120 g/mol. The summed E-state index contributed by atoms with van der Waals surface area (Å²) < 4.78 is 0. The Morgan fingerprint density at radius 1 is 0.372 bits per heavy atom. The molecule has 0 aliphatic heterocycles. The highest BCUT2D eigenvalue weighted by molar-refractivity contribution is 5.97. The Labute approximate surface area is 449 Å². The molecule has 0 aliphatic rings. The molecule has 0 aliphatic carbocycles. The fourth-order valence-electron chi connectivity index (χ4n) is 6.16. The van der Waals surface area contributed by atoms with E-state index >= 15 is 0 Å². The monoisotopic (exact) mass is 1110 g/mol. The molecule has 4 atom stereocenters. The Bertz CT molecular complexity index is 2060. The van der Waals surface area contributed by atoms with Crippen LogP contribution in [-0.2, 0) is 71.9 Å². The van der Waals surface area contributed by atoms with Crippen molar-refractivity contribution >= 4 is 88.7 Å². The highest BCUT2D eigenvalue weighted by Crippen LogP contribution is 2.07. The maximum absolute atomic E-state index is 13.4. The van der Waals surface area contributed by atoms with Crippen LogP contribution in [0.5, 0.6) is 0 Å². The highest BCUT2D eigenvalue weighted by Gasteiger charge is 2.31. The first-order valence-corrected chi connectivity index (χ1v) is 25.1. The lowest BCUT2D eigenvalue weighted by atomic mass is 10.0. The zero-order chi connectivity index (χ0) is 59.0. The van der Waals surface area contributed by atoms with Crippen molar-refractivity contribution in [2.24, 2.45) is 17.4 Å². The van der Waals surface area contributed by atoms with Crippen LogP contribution in [-0.4, -0.2) is 208 Å². The summed E-state index contributed by atoms with van der Waals surface area (Å²) in [5, 5.41) is 50.8. The molecule has 0 aromatic rings. The lowest BCUT2D eigenvalue weighted by Gasteiger charge is -2.26. The van der Waals surface area contributed by atoms with Gasteiger partial charge in [0.25, 0.3) is 0 Å². The van der Waals surface area contributed by atoms with Crippen molar-refractivity contribution in [1.29, 1.82) is 0 Å². The Kier molecular flexibility index (Phi) is 36.9. The van der Waals surface area contributed by atoms with Crippen LogP contribution in [0.15, 0.2) is 0 Å². The Balaban J connectivity index is 4.71. The van der Waals surface area contributed by atoms with E-state index in [4.69, 9.17) is 16.6 Å². The lowest BCUT2D eigenvalue weighted by Crippen LogP contribution is -2.59. The first kappa shape index (κ1) is 69.9. The molecule has 0 bridgehead atoms. The van der Waals surface area contributed by atoms with E-state index in [1.165, 1.54) is 6.92 Å². The predicted molar refractivity (Wildman–Crippen MR) is 273 cm³/mol. The van der Waals surface area contributed by atoms with E-state index in [2.05, 4.69) is 74.4 Å². The molecular weight excluding hydrogens is 1040 g/mol. The van der Waals surface area contributed by atoms with Gasteiger partial charge >= 0.3 is 5.97 Å². The number of carboxylic acid groups (broad SMARTS) is 1. The zero-order valence-corrected chi connectivity index (χ0v) is 44.1. The van der Waals surface area contributed by atoms with Crippen LogP contribution in [0.25, 0.3) is 0 Å². The minimum atomic E-state index is -1.60. The average Bonchev–Trinajstić information content (AvgIpc) is 3.40. The Morgan fingerprint density at radius 2 is 0.718 bits per heavy atom. The maximum atomic E-state index is 13.4. The second kappa shape index (κ2) is 41.1. The number of unbranched alkanes of at least 4 members (excludes halogenated alkanes) is 3. The molecule has 78 heavy (non-hydrogen) atoms. The van der Waals surface area contributed by atoms with Gasteiger partial charge in [-0.3, -0.25) is 71.9 Å². The SMILES string of the molecule is CC[C@H](NC(=O)CNC(=O)CNC(=O)CNC(=O)CNC(=O)CNC(=O)CNC(=O)CNC(=O)CNC(=O)CNC(=O)CCCCCN)C(=O)N[C@@H](CCCCN)C(=O)N[C@@H](CO)C(=O)N[C@@H](CC(C)C)C(=O)NCC(=O)O. The Hall–Kier alpha value is -8.07. The van der Waals surface area contributed by atoms with Gasteiger partial charge in [-0.25, -0.2) is 0 Å². The number of aliphatic hydroxyl groups excluding tert-OH is 1. The van der Waals surface area contributed by atoms with Gasteiger partial charge in [-0.05, 0) is 64.0 Å². The summed E-state index contributed by atoms with van der Waals surface area (Å²) in [5.41, 5.74) is 11.0. The van der Waals surface area contributed by atoms with E-state index in [1.807, 2.05) is 0 Å². The smallest absolute Gasteiger partial charge is 0.322 e. The van der Waals surface area contributed by atoms with Crippen molar-refractivity contribution in [2.45, 2.75) is 103 Å². The molecule has 0 saturated heterocycles. The molecule has 0 aromatic heterocycles. The number of nitrogens with two attached hydrogens (primary N) is 2. The van der Waals surface area contributed by atoms with Crippen molar-refractivity contribution in [3.05, 3.63) is 0 Å². The molecule has 14 amide bonds. The molecule has 0 spiro atoms. The molecule has 33 heteroatoms. The molecule has 0 rings (SSSR count). The van der Waals surface area contributed by atoms with Crippen molar-refractivity contribution in [3.8, 4) is 0 Å². The number of amides is 14. The summed E-state index contributed by atoms with van der Waals surface area (Å²) >= 11 is 0.